The maximum Gasteiger partial charge on any atom is 0.254 e. The van der Waals surface area contributed by atoms with Crippen LogP contribution in [0, 0.1) is 20.7 Å². The normalized spacial score (nSPS) is 14.0. The zero-order valence-electron chi connectivity index (χ0n) is 18.6. The maximum atomic E-state index is 13.2. The number of nitrogens with zero attached hydrogens (tertiary/aromatic N) is 3. The molecule has 0 radical (unpaired) electrons. The highest BCUT2D eigenvalue weighted by Gasteiger charge is 2.31. The summed E-state index contributed by atoms with van der Waals surface area (Å²) in [6, 6.07) is 3.35. The highest BCUT2D eigenvalue weighted by atomic mass is 16.7. The van der Waals surface area contributed by atoms with Crippen molar-refractivity contribution in [1.29, 1.82) is 0 Å². The first-order valence-corrected chi connectivity index (χ1v) is 11.1. The molecule has 0 unspecified atom stereocenters. The van der Waals surface area contributed by atoms with Crippen molar-refractivity contribution in [2.75, 3.05) is 6.79 Å². The van der Waals surface area contributed by atoms with Crippen LogP contribution >= 0.6 is 0 Å². The number of Topliss-reactive ketones (excluding diaryl/α,β-unsaturated/α-hetero) is 1. The van der Waals surface area contributed by atoms with E-state index >= 15 is 0 Å². The molecule has 11 nitrogen and oxygen atoms in total. The summed E-state index contributed by atoms with van der Waals surface area (Å²) in [6.07, 6.45) is 5.20. The summed E-state index contributed by atoms with van der Waals surface area (Å²) < 4.78 is 12.7. The number of hydrogen-bond acceptors (Lipinski definition) is 8. The zero-order chi connectivity index (χ0) is 25.0. The van der Waals surface area contributed by atoms with E-state index in [-0.39, 0.29) is 40.7 Å². The number of imidazole rings is 1. The number of ether oxygens (including phenoxy) is 2. The molecule has 1 aromatic heterocycles. The van der Waals surface area contributed by atoms with Crippen molar-refractivity contribution < 1.29 is 28.8 Å². The van der Waals surface area contributed by atoms with Gasteiger partial charge in [0.1, 0.15) is 23.5 Å². The molecule has 1 aromatic carbocycles. The predicted octanol–water partition coefficient (Wildman–Crippen LogP) is 0.661. The van der Waals surface area contributed by atoms with E-state index in [1.165, 1.54) is 6.08 Å². The molecule has 0 saturated carbocycles. The summed E-state index contributed by atoms with van der Waals surface area (Å²) in [5.74, 6) is 4.95. The average Bonchev–Trinajstić information content (AvgIpc) is 3.61. The molecule has 178 valence electrons. The van der Waals surface area contributed by atoms with E-state index in [1.54, 1.807) is 29.1 Å². The van der Waals surface area contributed by atoms with Gasteiger partial charge in [0, 0.05) is 58.6 Å². The predicted molar refractivity (Wildman–Crippen MR) is 123 cm³/mol. The Morgan fingerprint density at radius 2 is 1.94 bits per heavy atom. The molecule has 0 fully saturated rings. The fraction of sp³-hybridized carbons (Fsp3) is 0.200. The quantitative estimate of drug-likeness (QED) is 0.321. The van der Waals surface area contributed by atoms with Crippen molar-refractivity contribution in [1.82, 2.24) is 14.5 Å². The first-order valence-electron chi connectivity index (χ1n) is 11.1. The van der Waals surface area contributed by atoms with Crippen LogP contribution in [0.5, 0.6) is 11.5 Å². The lowest BCUT2D eigenvalue weighted by molar-refractivity contribution is -0.424. The van der Waals surface area contributed by atoms with Gasteiger partial charge < -0.3 is 19.0 Å². The number of fused-ring (bicyclic) bond motifs is 5. The molecule has 2 aliphatic heterocycles. The van der Waals surface area contributed by atoms with E-state index < -0.39 is 17.1 Å². The summed E-state index contributed by atoms with van der Waals surface area (Å²) in [5.41, 5.74) is -0.183. The number of ketones is 1. The van der Waals surface area contributed by atoms with Crippen LogP contribution < -0.4 is 20.0 Å². The number of rotatable bonds is 5. The second-order valence-corrected chi connectivity index (χ2v) is 8.47. The van der Waals surface area contributed by atoms with E-state index in [1.807, 2.05) is 11.9 Å². The van der Waals surface area contributed by atoms with Crippen molar-refractivity contribution in [3.8, 4) is 11.5 Å². The number of aromatic nitrogens is 3. The molecular formula is C25H16N4O7. The number of aromatic amines is 1. The number of carbonyl (C=O) groups excluding carboxylic acids is 3. The Bertz CT molecular complexity index is 1880. The van der Waals surface area contributed by atoms with Crippen LogP contribution in [0.25, 0.3) is 16.8 Å². The number of carbonyl (C=O) groups is 1. The van der Waals surface area contributed by atoms with Gasteiger partial charge in [-0.1, -0.05) is 0 Å². The van der Waals surface area contributed by atoms with Gasteiger partial charge in [-0.05, 0) is 18.6 Å². The van der Waals surface area contributed by atoms with Crippen molar-refractivity contribution >= 4 is 34.5 Å². The van der Waals surface area contributed by atoms with Crippen LogP contribution in [0.3, 0.4) is 0 Å². The minimum atomic E-state index is -0.644. The molecular weight excluding hydrogens is 468 g/mol. The lowest BCUT2D eigenvalue weighted by Crippen LogP contribution is -2.32. The second kappa shape index (κ2) is 8.06. The Morgan fingerprint density at radius 3 is 2.61 bits per heavy atom. The molecule has 0 amide bonds. The first kappa shape index (κ1) is 21.5. The maximum absolute atomic E-state index is 13.2. The van der Waals surface area contributed by atoms with E-state index in [9.17, 15) is 24.5 Å². The third kappa shape index (κ3) is 3.08. The van der Waals surface area contributed by atoms with Gasteiger partial charge in [0.15, 0.2) is 23.2 Å². The number of allylic oxidation sites excluding steroid dienone is 1. The van der Waals surface area contributed by atoms with Gasteiger partial charge in [0.05, 0.1) is 15.5 Å². The van der Waals surface area contributed by atoms with E-state index in [0.29, 0.717) is 45.7 Å². The molecule has 2 aromatic rings. The van der Waals surface area contributed by atoms with Crippen LogP contribution in [-0.2, 0) is 22.6 Å². The van der Waals surface area contributed by atoms with Gasteiger partial charge in [-0.25, -0.2) is 14.6 Å². The standard InChI is InChI=1S/C25H16N4O7/c30-10-17-14-8-20-21(36-12-35-20)9-15(14)25-24(17)23-16(6-13(29(33)34)7-19(23)32)18(11-31)28(25)5-1-2-22-26-3-4-27-22/h3-4,6,8-9H,1-2,5,7,12H2,(H,26,27). The molecule has 1 N–H and O–H groups in total. The van der Waals surface area contributed by atoms with Crippen molar-refractivity contribution in [2.45, 2.75) is 25.8 Å². The summed E-state index contributed by atoms with van der Waals surface area (Å²) in [4.78, 5) is 55.9. The molecule has 2 aliphatic carbocycles. The summed E-state index contributed by atoms with van der Waals surface area (Å²) in [5, 5.41) is 13.4. The molecule has 0 spiro atoms. The monoisotopic (exact) mass is 484 g/mol. The number of H-pyrrole nitrogens is 1. The van der Waals surface area contributed by atoms with E-state index in [0.717, 1.165) is 5.82 Å². The SMILES string of the molecule is O=C=c1c2c3c(c(=C=O)n(CCCc4ncc[nH]4)c=2c2cc4c(cc12)OCO4)C=C([N+](=O)[O-])CC3=O. The summed E-state index contributed by atoms with van der Waals surface area (Å²) in [7, 11) is 0. The van der Waals surface area contributed by atoms with E-state index in [4.69, 9.17) is 9.47 Å². The summed E-state index contributed by atoms with van der Waals surface area (Å²) >= 11 is 0. The lowest BCUT2D eigenvalue weighted by atomic mass is 9.92. The Hall–Kier alpha value is -4.98. The second-order valence-electron chi connectivity index (χ2n) is 8.47. The van der Waals surface area contributed by atoms with E-state index in [2.05, 4.69) is 9.97 Å². The minimum absolute atomic E-state index is 0.00800. The number of benzene rings is 1. The number of nitrogens with one attached hydrogen (secondary N) is 1. The molecule has 0 saturated heterocycles. The number of nitro groups is 1. The van der Waals surface area contributed by atoms with Gasteiger partial charge in [0.2, 0.25) is 6.79 Å². The zero-order valence-corrected chi connectivity index (χ0v) is 18.6. The Balaban J connectivity index is 1.76. The van der Waals surface area contributed by atoms with Crippen LogP contribution in [0.15, 0.2) is 30.2 Å². The lowest BCUT2D eigenvalue weighted by Gasteiger charge is -2.16. The minimum Gasteiger partial charge on any atom is -0.454 e. The molecule has 4 aliphatic rings. The van der Waals surface area contributed by atoms with Gasteiger partial charge in [0.25, 0.3) is 5.70 Å². The van der Waals surface area contributed by atoms with Crippen molar-refractivity contribution in [2.24, 2.45) is 0 Å². The van der Waals surface area contributed by atoms with Crippen LogP contribution in [0.1, 0.15) is 34.6 Å². The fourth-order valence-electron chi connectivity index (χ4n) is 5.06. The van der Waals surface area contributed by atoms with Crippen LogP contribution in [0.4, 0.5) is 0 Å². The summed E-state index contributed by atoms with van der Waals surface area (Å²) in [6.45, 7) is 0.315. The van der Waals surface area contributed by atoms with Gasteiger partial charge in [-0.2, -0.15) is 0 Å². The Kier molecular flexibility index (Phi) is 4.82. The van der Waals surface area contributed by atoms with Gasteiger partial charge >= 0.3 is 0 Å². The third-order valence-corrected chi connectivity index (χ3v) is 6.55. The van der Waals surface area contributed by atoms with Crippen molar-refractivity contribution in [3.05, 3.63) is 78.4 Å². The molecule has 11 heteroatoms. The average molecular weight is 484 g/mol. The smallest absolute Gasteiger partial charge is 0.254 e. The van der Waals surface area contributed by atoms with Crippen molar-refractivity contribution in [3.63, 3.8) is 0 Å². The third-order valence-electron chi connectivity index (χ3n) is 6.55. The molecule has 36 heavy (non-hydrogen) atoms. The topological polar surface area (TPSA) is 146 Å². The largest absolute Gasteiger partial charge is 0.454 e. The molecule has 0 atom stereocenters. The first-order chi connectivity index (χ1) is 17.5. The highest BCUT2D eigenvalue weighted by Crippen LogP contribution is 2.36. The fourth-order valence-corrected chi connectivity index (χ4v) is 5.06. The highest BCUT2D eigenvalue weighted by molar-refractivity contribution is 6.05. The molecule has 0 bridgehead atoms. The number of hydrogen-bond donors (Lipinski definition) is 1. The Labute approximate surface area is 200 Å². The van der Waals surface area contributed by atoms with Crippen LogP contribution in [0.2, 0.25) is 0 Å². The van der Waals surface area contributed by atoms with Gasteiger partial charge in [-0.3, -0.25) is 14.9 Å². The molecule has 6 rings (SSSR count). The van der Waals surface area contributed by atoms with Crippen LogP contribution in [-0.4, -0.2) is 43.9 Å². The number of aryl methyl sites for hydroxylation is 1. The van der Waals surface area contributed by atoms with Gasteiger partial charge in [-0.15, -0.1) is 0 Å². The Morgan fingerprint density at radius 1 is 1.17 bits per heavy atom. The molecule has 3 heterocycles.